The van der Waals surface area contributed by atoms with Crippen molar-refractivity contribution >= 4 is 39.8 Å². The number of fused-ring (bicyclic) bond motifs is 1. The maximum absolute atomic E-state index is 13.0. The van der Waals surface area contributed by atoms with E-state index in [9.17, 15) is 9.59 Å². The Morgan fingerprint density at radius 1 is 0.969 bits per heavy atom. The molecule has 3 amide bonds. The van der Waals surface area contributed by atoms with Crippen LogP contribution in [0.1, 0.15) is 43.5 Å². The highest BCUT2D eigenvalue weighted by atomic mass is 16.2. The minimum Gasteiger partial charge on any atom is -0.371 e. The SMILES string of the molecule is CC[C@H](C)NC(=O)c1cc(NC(=O)Nc2cccc3ccccc23)ccc1N1CCCC1. The molecule has 3 N–H and O–H groups in total. The monoisotopic (exact) mass is 430 g/mol. The molecule has 1 fully saturated rings. The van der Waals surface area contributed by atoms with Gasteiger partial charge in [-0.2, -0.15) is 0 Å². The summed E-state index contributed by atoms with van der Waals surface area (Å²) in [6.45, 7) is 5.92. The van der Waals surface area contributed by atoms with Crippen LogP contribution in [0.4, 0.5) is 21.9 Å². The van der Waals surface area contributed by atoms with E-state index in [1.165, 1.54) is 0 Å². The van der Waals surface area contributed by atoms with Gasteiger partial charge >= 0.3 is 6.03 Å². The highest BCUT2D eigenvalue weighted by Gasteiger charge is 2.21. The smallest absolute Gasteiger partial charge is 0.323 e. The molecule has 0 saturated carbocycles. The van der Waals surface area contributed by atoms with E-state index < -0.39 is 0 Å². The molecule has 6 nitrogen and oxygen atoms in total. The third-order valence-corrected chi connectivity index (χ3v) is 5.97. The molecule has 3 aromatic rings. The molecule has 0 unspecified atom stereocenters. The maximum atomic E-state index is 13.0. The van der Waals surface area contributed by atoms with Gasteiger partial charge in [0, 0.05) is 35.9 Å². The molecular formula is C26H30N4O2. The standard InChI is InChI=1S/C26H30N4O2/c1-3-18(2)27-25(31)22-17-20(13-14-24(22)30-15-6-7-16-30)28-26(32)29-23-12-8-10-19-9-4-5-11-21(19)23/h4-5,8-14,17-18H,3,6-7,15-16H2,1-2H3,(H,27,31)(H2,28,29,32)/t18-/m0/s1. The lowest BCUT2D eigenvalue weighted by atomic mass is 10.1. The molecule has 0 aromatic heterocycles. The van der Waals surface area contributed by atoms with Crippen LogP contribution in [0.25, 0.3) is 10.8 Å². The predicted octanol–water partition coefficient (Wildman–Crippen LogP) is 5.61. The fourth-order valence-electron chi connectivity index (χ4n) is 4.05. The lowest BCUT2D eigenvalue weighted by Gasteiger charge is -2.23. The molecule has 0 aliphatic carbocycles. The zero-order valence-corrected chi connectivity index (χ0v) is 18.7. The first-order valence-electron chi connectivity index (χ1n) is 11.3. The average Bonchev–Trinajstić information content (AvgIpc) is 3.34. The van der Waals surface area contributed by atoms with Gasteiger partial charge in [0.15, 0.2) is 0 Å². The van der Waals surface area contributed by atoms with E-state index >= 15 is 0 Å². The number of hydrogen-bond acceptors (Lipinski definition) is 3. The van der Waals surface area contributed by atoms with Gasteiger partial charge in [0.25, 0.3) is 5.91 Å². The van der Waals surface area contributed by atoms with Crippen molar-refractivity contribution in [3.63, 3.8) is 0 Å². The minimum absolute atomic E-state index is 0.0835. The summed E-state index contributed by atoms with van der Waals surface area (Å²) < 4.78 is 0. The highest BCUT2D eigenvalue weighted by Crippen LogP contribution is 2.28. The number of benzene rings is 3. The van der Waals surface area contributed by atoms with Gasteiger partial charge < -0.3 is 20.9 Å². The molecule has 3 aromatic carbocycles. The van der Waals surface area contributed by atoms with Gasteiger partial charge in [-0.15, -0.1) is 0 Å². The molecular weight excluding hydrogens is 400 g/mol. The van der Waals surface area contributed by atoms with Crippen LogP contribution in [0, 0.1) is 0 Å². The number of nitrogens with one attached hydrogen (secondary N) is 3. The van der Waals surface area contributed by atoms with Crippen molar-refractivity contribution in [3.05, 3.63) is 66.2 Å². The second kappa shape index (κ2) is 9.73. The first-order chi connectivity index (χ1) is 15.5. The number of nitrogens with zero attached hydrogens (tertiary/aromatic N) is 1. The van der Waals surface area contributed by atoms with Crippen molar-refractivity contribution in [2.75, 3.05) is 28.6 Å². The molecule has 1 atom stereocenters. The van der Waals surface area contributed by atoms with Crippen LogP contribution < -0.4 is 20.9 Å². The second-order valence-corrected chi connectivity index (χ2v) is 8.31. The predicted molar refractivity (Wildman–Crippen MR) is 132 cm³/mol. The maximum Gasteiger partial charge on any atom is 0.323 e. The fraction of sp³-hybridized carbons (Fsp3) is 0.308. The van der Waals surface area contributed by atoms with E-state index in [0.717, 1.165) is 54.5 Å². The van der Waals surface area contributed by atoms with Gasteiger partial charge in [-0.1, -0.05) is 43.3 Å². The lowest BCUT2D eigenvalue weighted by molar-refractivity contribution is 0.0939. The lowest BCUT2D eigenvalue weighted by Crippen LogP contribution is -2.33. The van der Waals surface area contributed by atoms with Crippen LogP contribution in [-0.2, 0) is 0 Å². The summed E-state index contributed by atoms with van der Waals surface area (Å²) in [5, 5.41) is 10.9. The number of anilines is 3. The second-order valence-electron chi connectivity index (χ2n) is 8.31. The van der Waals surface area contributed by atoms with Crippen molar-refractivity contribution in [2.24, 2.45) is 0 Å². The fourth-order valence-corrected chi connectivity index (χ4v) is 4.05. The van der Waals surface area contributed by atoms with E-state index in [1.807, 2.05) is 68.4 Å². The summed E-state index contributed by atoms with van der Waals surface area (Å²) in [5.74, 6) is -0.112. The summed E-state index contributed by atoms with van der Waals surface area (Å²) in [7, 11) is 0. The molecule has 166 valence electrons. The van der Waals surface area contributed by atoms with Crippen molar-refractivity contribution in [2.45, 2.75) is 39.2 Å². The van der Waals surface area contributed by atoms with Gasteiger partial charge in [-0.25, -0.2) is 4.79 Å². The Kier molecular flexibility index (Phi) is 6.59. The van der Waals surface area contributed by atoms with Gasteiger partial charge in [0.05, 0.1) is 11.3 Å². The van der Waals surface area contributed by atoms with Crippen molar-refractivity contribution in [1.82, 2.24) is 5.32 Å². The molecule has 0 bridgehead atoms. The van der Waals surface area contributed by atoms with Crippen LogP contribution >= 0.6 is 0 Å². The van der Waals surface area contributed by atoms with E-state index in [4.69, 9.17) is 0 Å². The summed E-state index contributed by atoms with van der Waals surface area (Å²) in [4.78, 5) is 28.0. The zero-order chi connectivity index (χ0) is 22.5. The first-order valence-corrected chi connectivity index (χ1v) is 11.3. The summed E-state index contributed by atoms with van der Waals surface area (Å²) >= 11 is 0. The van der Waals surface area contributed by atoms with E-state index in [-0.39, 0.29) is 18.0 Å². The first kappa shape index (κ1) is 21.7. The number of urea groups is 1. The number of carbonyl (C=O) groups excluding carboxylic acids is 2. The van der Waals surface area contributed by atoms with Crippen molar-refractivity contribution in [1.29, 1.82) is 0 Å². The van der Waals surface area contributed by atoms with Gasteiger partial charge in [-0.3, -0.25) is 4.79 Å². The van der Waals surface area contributed by atoms with Crippen LogP contribution in [0.2, 0.25) is 0 Å². The van der Waals surface area contributed by atoms with Crippen LogP contribution in [0.5, 0.6) is 0 Å². The largest absolute Gasteiger partial charge is 0.371 e. The molecule has 0 radical (unpaired) electrons. The molecule has 32 heavy (non-hydrogen) atoms. The Balaban J connectivity index is 1.55. The minimum atomic E-state index is -0.344. The molecule has 1 aliphatic heterocycles. The number of carbonyl (C=O) groups is 2. The van der Waals surface area contributed by atoms with Crippen LogP contribution in [-0.4, -0.2) is 31.1 Å². The van der Waals surface area contributed by atoms with Gasteiger partial charge in [0.2, 0.25) is 0 Å². The van der Waals surface area contributed by atoms with Crippen molar-refractivity contribution in [3.8, 4) is 0 Å². The molecule has 1 saturated heterocycles. The zero-order valence-electron chi connectivity index (χ0n) is 18.7. The summed E-state index contributed by atoms with van der Waals surface area (Å²) in [5.41, 5.74) is 2.84. The average molecular weight is 431 g/mol. The van der Waals surface area contributed by atoms with E-state index in [0.29, 0.717) is 11.3 Å². The number of amides is 3. The Bertz CT molecular complexity index is 1120. The molecule has 4 rings (SSSR count). The molecule has 1 aliphatic rings. The molecule has 0 spiro atoms. The van der Waals surface area contributed by atoms with Crippen LogP contribution in [0.3, 0.4) is 0 Å². The molecule has 6 heteroatoms. The van der Waals surface area contributed by atoms with Crippen LogP contribution in [0.15, 0.2) is 60.7 Å². The normalized spacial score (nSPS) is 14.2. The third kappa shape index (κ3) is 4.85. The third-order valence-electron chi connectivity index (χ3n) is 5.97. The van der Waals surface area contributed by atoms with E-state index in [2.05, 4.69) is 20.9 Å². The highest BCUT2D eigenvalue weighted by molar-refractivity contribution is 6.07. The van der Waals surface area contributed by atoms with E-state index in [1.54, 1.807) is 6.07 Å². The Morgan fingerprint density at radius 3 is 2.50 bits per heavy atom. The quantitative estimate of drug-likeness (QED) is 0.476. The summed E-state index contributed by atoms with van der Waals surface area (Å²) in [6.07, 6.45) is 3.11. The molecule has 1 heterocycles. The number of hydrogen-bond donors (Lipinski definition) is 3. The summed E-state index contributed by atoms with van der Waals surface area (Å²) in [6, 6.07) is 19.0. The number of rotatable bonds is 6. The Labute approximate surface area is 189 Å². The van der Waals surface area contributed by atoms with Gasteiger partial charge in [-0.05, 0) is 55.8 Å². The van der Waals surface area contributed by atoms with Crippen molar-refractivity contribution < 1.29 is 9.59 Å². The Hall–Kier alpha value is -3.54. The Morgan fingerprint density at radius 2 is 1.72 bits per heavy atom. The topological polar surface area (TPSA) is 73.5 Å². The van der Waals surface area contributed by atoms with Gasteiger partial charge in [0.1, 0.15) is 0 Å².